The molecule has 0 saturated heterocycles. The van der Waals surface area contributed by atoms with Gasteiger partial charge in [-0.3, -0.25) is 0 Å². The van der Waals surface area contributed by atoms with Gasteiger partial charge in [-0.15, -0.1) is 0 Å². The Morgan fingerprint density at radius 2 is 0.576 bits per heavy atom. The molecule has 0 radical (unpaired) electrons. The van der Waals surface area contributed by atoms with Crippen LogP contribution >= 0.6 is 91.9 Å². The van der Waals surface area contributed by atoms with Crippen molar-refractivity contribution < 1.29 is 0 Å². The van der Waals surface area contributed by atoms with E-state index >= 15 is 0 Å². The molecule has 33 heavy (non-hydrogen) atoms. The third kappa shape index (κ3) is 5.51. The number of hydrogen-bond donors (Lipinski definition) is 0. The fraction of sp³-hybridized carbons (Fsp3) is 0.111. The van der Waals surface area contributed by atoms with Crippen LogP contribution in [0.3, 0.4) is 0 Å². The summed E-state index contributed by atoms with van der Waals surface area (Å²) in [5.41, 5.74) is 0. The third-order valence-corrected chi connectivity index (χ3v) is 32.8. The van der Waals surface area contributed by atoms with Crippen LogP contribution in [0.1, 0.15) is 6.42 Å². The topological polar surface area (TPSA) is 0 Å². The van der Waals surface area contributed by atoms with Crippen LogP contribution in [-0.4, -0.2) is 12.3 Å². The molecule has 4 aromatic carbocycles. The van der Waals surface area contributed by atoms with Gasteiger partial charge in [0.2, 0.25) is 0 Å². The minimum atomic E-state index is -2.38. The van der Waals surface area contributed by atoms with Crippen molar-refractivity contribution >= 4 is 113 Å². The molecule has 4 rings (SSSR count). The van der Waals surface area contributed by atoms with E-state index in [-0.39, 0.29) is 0 Å². The SMILES string of the molecule is IP(I)(CCCP(I)(I)(c1ccccc1)c1ccccc1)(c1ccccc1)c1ccccc1. The Morgan fingerprint density at radius 1 is 0.364 bits per heavy atom. The molecule has 6 heteroatoms. The van der Waals surface area contributed by atoms with Crippen LogP contribution in [0, 0.1) is 0 Å². The number of benzene rings is 4. The predicted molar refractivity (Wildman–Crippen MR) is 189 cm³/mol. The zero-order valence-electron chi connectivity index (χ0n) is 18.1. The third-order valence-electron chi connectivity index (χ3n) is 6.15. The van der Waals surface area contributed by atoms with Crippen LogP contribution in [0.5, 0.6) is 0 Å². The normalized spacial score (nSPS) is 14.5. The Labute approximate surface area is 249 Å². The van der Waals surface area contributed by atoms with Gasteiger partial charge >= 0.3 is 253 Å². The average Bonchev–Trinajstić information content (AvgIpc) is 2.86. The van der Waals surface area contributed by atoms with E-state index in [0.29, 0.717) is 0 Å². The molecule has 0 heterocycles. The van der Waals surface area contributed by atoms with Crippen LogP contribution in [0.25, 0.3) is 0 Å². The Hall–Kier alpha value is 0.660. The standard InChI is InChI=1S/C27H26I4P2/c28-32(29,24-14-5-1-6-15-24,25-16-7-2-8-17-25)22-13-23-33(30,31,26-18-9-3-10-19-26)27-20-11-4-12-21-27/h1-12,14-21H,13,22-23H2. The van der Waals surface area contributed by atoms with E-state index < -0.39 is 3.78 Å². The molecule has 172 valence electrons. The van der Waals surface area contributed by atoms with Crippen molar-refractivity contribution in [3.05, 3.63) is 121 Å². The molecule has 0 spiro atoms. The second kappa shape index (κ2) is 10.6. The first-order valence-corrected chi connectivity index (χ1v) is 26.8. The maximum atomic E-state index is 2.85. The second-order valence-electron chi connectivity index (χ2n) is 8.28. The molecule has 0 aliphatic heterocycles. The van der Waals surface area contributed by atoms with Gasteiger partial charge in [-0.25, -0.2) is 0 Å². The minimum absolute atomic E-state index is 1.18. The summed E-state index contributed by atoms with van der Waals surface area (Å²) < 4.78 is -4.77. The first-order valence-electron chi connectivity index (χ1n) is 10.8. The number of halogens is 4. The number of hydrogen-bond acceptors (Lipinski definition) is 0. The summed E-state index contributed by atoms with van der Waals surface area (Å²) in [6.45, 7) is 0. The molecule has 0 aromatic heterocycles. The summed E-state index contributed by atoms with van der Waals surface area (Å²) in [5, 5.41) is 5.94. The van der Waals surface area contributed by atoms with Gasteiger partial charge in [0.1, 0.15) is 0 Å². The van der Waals surface area contributed by atoms with Gasteiger partial charge in [0.15, 0.2) is 0 Å². The van der Waals surface area contributed by atoms with E-state index in [0.717, 1.165) is 0 Å². The molecule has 0 aliphatic carbocycles. The molecule has 0 unspecified atom stereocenters. The molecule has 0 N–H and O–H groups in total. The van der Waals surface area contributed by atoms with Crippen LogP contribution in [0.2, 0.25) is 0 Å². The molecule has 0 saturated carbocycles. The van der Waals surface area contributed by atoms with Crippen molar-refractivity contribution in [1.29, 1.82) is 0 Å². The fourth-order valence-electron chi connectivity index (χ4n) is 4.32. The first kappa shape index (κ1) is 26.7. The van der Waals surface area contributed by atoms with E-state index in [2.05, 4.69) is 209 Å². The molecular weight excluding hydrogens is 894 g/mol. The van der Waals surface area contributed by atoms with Gasteiger partial charge in [0, 0.05) is 0 Å². The van der Waals surface area contributed by atoms with Crippen molar-refractivity contribution in [1.82, 2.24) is 0 Å². The zero-order chi connectivity index (χ0) is 23.5. The summed E-state index contributed by atoms with van der Waals surface area (Å²) in [4.78, 5) is 0. The van der Waals surface area contributed by atoms with Crippen LogP contribution in [0.15, 0.2) is 121 Å². The Balaban J connectivity index is 1.74. The van der Waals surface area contributed by atoms with E-state index in [1.54, 1.807) is 0 Å². The van der Waals surface area contributed by atoms with E-state index in [9.17, 15) is 0 Å². The summed E-state index contributed by atoms with van der Waals surface area (Å²) in [7, 11) is 0. The molecule has 0 aliphatic rings. The first-order chi connectivity index (χ1) is 15.7. The molecule has 0 atom stereocenters. The Morgan fingerprint density at radius 3 is 0.788 bits per heavy atom. The second-order valence-corrected chi connectivity index (χ2v) is 52.1. The predicted octanol–water partition coefficient (Wildman–Crippen LogP) is 9.19. The summed E-state index contributed by atoms with van der Waals surface area (Å²) in [6, 6.07) is 44.8. The quantitative estimate of drug-likeness (QED) is 0.122. The molecular formula is C27H26I4P2. The van der Waals surface area contributed by atoms with Crippen molar-refractivity contribution in [2.45, 2.75) is 6.42 Å². The molecule has 0 amide bonds. The zero-order valence-corrected chi connectivity index (χ0v) is 28.5. The maximum absolute atomic E-state index is 2.85. The monoisotopic (exact) mass is 920 g/mol. The van der Waals surface area contributed by atoms with Gasteiger partial charge in [0.25, 0.3) is 0 Å². The Kier molecular flexibility index (Phi) is 8.55. The molecule has 4 aromatic rings. The van der Waals surface area contributed by atoms with Crippen LogP contribution < -0.4 is 21.2 Å². The molecule has 0 nitrogen and oxygen atoms in total. The van der Waals surface area contributed by atoms with E-state index in [4.69, 9.17) is 0 Å². The van der Waals surface area contributed by atoms with Gasteiger partial charge < -0.3 is 0 Å². The van der Waals surface area contributed by atoms with Crippen LogP contribution in [0.4, 0.5) is 0 Å². The number of rotatable bonds is 8. The van der Waals surface area contributed by atoms with Gasteiger partial charge in [-0.1, -0.05) is 0 Å². The van der Waals surface area contributed by atoms with Crippen molar-refractivity contribution in [2.24, 2.45) is 0 Å². The Bertz CT molecular complexity index is 1010. The fourth-order valence-corrected chi connectivity index (χ4v) is 22.5. The van der Waals surface area contributed by atoms with Crippen molar-refractivity contribution in [3.8, 4) is 0 Å². The van der Waals surface area contributed by atoms with Crippen LogP contribution in [-0.2, 0) is 0 Å². The van der Waals surface area contributed by atoms with E-state index in [1.165, 1.54) is 40.0 Å². The van der Waals surface area contributed by atoms with Gasteiger partial charge in [0.05, 0.1) is 0 Å². The summed E-state index contributed by atoms with van der Waals surface area (Å²) in [6.07, 6.45) is 3.55. The molecule has 0 fully saturated rings. The van der Waals surface area contributed by atoms with Gasteiger partial charge in [-0.2, -0.15) is 0 Å². The van der Waals surface area contributed by atoms with Gasteiger partial charge in [-0.05, 0) is 0 Å². The molecule has 0 bridgehead atoms. The van der Waals surface area contributed by atoms with Crippen molar-refractivity contribution in [3.63, 3.8) is 0 Å². The van der Waals surface area contributed by atoms with Crippen molar-refractivity contribution in [2.75, 3.05) is 12.3 Å². The summed E-state index contributed by atoms with van der Waals surface area (Å²) >= 11 is 11.4. The average molecular weight is 920 g/mol. The summed E-state index contributed by atoms with van der Waals surface area (Å²) in [5.74, 6) is 0. The van der Waals surface area contributed by atoms with E-state index in [1.807, 2.05) is 0 Å².